The maximum atomic E-state index is 13.7. The van der Waals surface area contributed by atoms with Crippen LogP contribution in [0.1, 0.15) is 28.5 Å². The Hall–Kier alpha value is -1.89. The van der Waals surface area contributed by atoms with Crippen molar-refractivity contribution in [2.45, 2.75) is 18.6 Å². The van der Waals surface area contributed by atoms with Crippen LogP contribution in [0.5, 0.6) is 0 Å². The second-order valence-corrected chi connectivity index (χ2v) is 7.93. The highest BCUT2D eigenvalue weighted by Crippen LogP contribution is 2.42. The smallest absolute Gasteiger partial charge is 0.315 e. The molecule has 1 aromatic heterocycles. The highest BCUT2D eigenvalue weighted by Gasteiger charge is 2.37. The van der Waals surface area contributed by atoms with Crippen molar-refractivity contribution in [1.29, 1.82) is 0 Å². The number of nitrogens with one attached hydrogen (secondary N) is 1. The lowest BCUT2D eigenvalue weighted by Gasteiger charge is -2.32. The van der Waals surface area contributed by atoms with Crippen LogP contribution in [-0.2, 0) is 6.18 Å². The van der Waals surface area contributed by atoms with E-state index in [1.165, 1.54) is 12.1 Å². The van der Waals surface area contributed by atoms with Gasteiger partial charge in [0.1, 0.15) is 0 Å². The van der Waals surface area contributed by atoms with Gasteiger partial charge >= 0.3 is 6.18 Å². The number of alkyl halides is 3. The molecule has 27 heavy (non-hydrogen) atoms. The summed E-state index contributed by atoms with van der Waals surface area (Å²) in [5, 5.41) is 4.43. The van der Waals surface area contributed by atoms with Crippen molar-refractivity contribution in [2.24, 2.45) is 0 Å². The van der Waals surface area contributed by atoms with Crippen molar-refractivity contribution in [3.05, 3.63) is 70.6 Å². The number of hydrogen-bond acceptors (Lipinski definition) is 3. The third-order valence-electron chi connectivity index (χ3n) is 5.01. The van der Waals surface area contributed by atoms with Gasteiger partial charge in [0.2, 0.25) is 0 Å². The van der Waals surface area contributed by atoms with Gasteiger partial charge in [-0.2, -0.15) is 13.2 Å². The summed E-state index contributed by atoms with van der Waals surface area (Å²) >= 11 is 1.59. The third kappa shape index (κ3) is 3.88. The van der Waals surface area contributed by atoms with E-state index >= 15 is 0 Å². The standard InChI is InChI=1S/C21H21F3N2S/c22-21(23,24)17-8-3-2-7-16(17)20(26-12-5-10-25-11-13-26)19-14-15-6-1-4-9-18(15)27-19/h1-4,6-9,14,20,25H,5,10-13H2. The molecule has 1 unspecified atom stereocenters. The largest absolute Gasteiger partial charge is 0.416 e. The maximum Gasteiger partial charge on any atom is 0.416 e. The van der Waals surface area contributed by atoms with Crippen LogP contribution < -0.4 is 5.32 Å². The Balaban J connectivity index is 1.86. The predicted molar refractivity (Wildman–Crippen MR) is 104 cm³/mol. The molecular formula is C21H21F3N2S. The van der Waals surface area contributed by atoms with Gasteiger partial charge in [-0.05, 0) is 42.1 Å². The van der Waals surface area contributed by atoms with E-state index in [0.717, 1.165) is 47.6 Å². The van der Waals surface area contributed by atoms with Gasteiger partial charge in [-0.3, -0.25) is 4.90 Å². The SMILES string of the molecule is FC(F)(F)c1ccccc1C(c1cc2ccccc2s1)N1CCCNCC1. The van der Waals surface area contributed by atoms with Crippen LogP contribution in [0.3, 0.4) is 0 Å². The number of rotatable bonds is 3. The number of fused-ring (bicyclic) bond motifs is 1. The molecule has 0 saturated carbocycles. The molecule has 0 spiro atoms. The lowest BCUT2D eigenvalue weighted by Crippen LogP contribution is -2.33. The monoisotopic (exact) mass is 390 g/mol. The summed E-state index contributed by atoms with van der Waals surface area (Å²) in [6.45, 7) is 3.19. The molecular weight excluding hydrogens is 369 g/mol. The Morgan fingerprint density at radius 1 is 0.963 bits per heavy atom. The second kappa shape index (κ2) is 7.62. The summed E-state index contributed by atoms with van der Waals surface area (Å²) in [7, 11) is 0. The zero-order valence-corrected chi connectivity index (χ0v) is 15.6. The van der Waals surface area contributed by atoms with Gasteiger partial charge < -0.3 is 5.32 Å². The van der Waals surface area contributed by atoms with Crippen molar-refractivity contribution >= 4 is 21.4 Å². The van der Waals surface area contributed by atoms with E-state index in [1.54, 1.807) is 23.5 Å². The van der Waals surface area contributed by atoms with Crippen molar-refractivity contribution in [3.63, 3.8) is 0 Å². The molecule has 1 N–H and O–H groups in total. The van der Waals surface area contributed by atoms with E-state index in [2.05, 4.69) is 16.3 Å². The van der Waals surface area contributed by atoms with Gasteiger partial charge in [-0.25, -0.2) is 0 Å². The van der Waals surface area contributed by atoms with E-state index in [0.29, 0.717) is 5.56 Å². The first-order valence-corrected chi connectivity index (χ1v) is 9.95. The topological polar surface area (TPSA) is 15.3 Å². The molecule has 3 aromatic rings. The molecule has 1 saturated heterocycles. The minimum absolute atomic E-state index is 0.346. The van der Waals surface area contributed by atoms with Gasteiger partial charge in [-0.15, -0.1) is 11.3 Å². The zero-order valence-electron chi connectivity index (χ0n) is 14.8. The van der Waals surface area contributed by atoms with Crippen molar-refractivity contribution < 1.29 is 13.2 Å². The van der Waals surface area contributed by atoms with Crippen molar-refractivity contribution in [2.75, 3.05) is 26.2 Å². The van der Waals surface area contributed by atoms with Gasteiger partial charge in [0.25, 0.3) is 0 Å². The van der Waals surface area contributed by atoms with Crippen LogP contribution >= 0.6 is 11.3 Å². The first-order valence-electron chi connectivity index (χ1n) is 9.13. The summed E-state index contributed by atoms with van der Waals surface area (Å²) in [5.74, 6) is 0. The number of hydrogen-bond donors (Lipinski definition) is 1. The Bertz CT molecular complexity index is 878. The van der Waals surface area contributed by atoms with E-state index in [-0.39, 0.29) is 6.04 Å². The molecule has 1 aliphatic rings. The Labute approximate surface area is 160 Å². The summed E-state index contributed by atoms with van der Waals surface area (Å²) in [6, 6.07) is 15.7. The fraction of sp³-hybridized carbons (Fsp3) is 0.333. The molecule has 1 aliphatic heterocycles. The number of thiophene rings is 1. The lowest BCUT2D eigenvalue weighted by atomic mass is 9.96. The van der Waals surface area contributed by atoms with Crippen LogP contribution in [0.25, 0.3) is 10.1 Å². The predicted octanol–water partition coefficient (Wildman–Crippen LogP) is 5.30. The molecule has 0 bridgehead atoms. The fourth-order valence-corrected chi connectivity index (χ4v) is 5.00. The molecule has 0 amide bonds. The highest BCUT2D eigenvalue weighted by molar-refractivity contribution is 7.19. The molecule has 0 aliphatic carbocycles. The third-order valence-corrected chi connectivity index (χ3v) is 6.18. The summed E-state index contributed by atoms with van der Waals surface area (Å²) in [6.07, 6.45) is -3.44. The van der Waals surface area contributed by atoms with Crippen LogP contribution in [0.2, 0.25) is 0 Å². The first-order chi connectivity index (χ1) is 13.0. The molecule has 6 heteroatoms. The van der Waals surface area contributed by atoms with Crippen LogP contribution in [-0.4, -0.2) is 31.1 Å². The molecule has 2 nitrogen and oxygen atoms in total. The molecule has 0 radical (unpaired) electrons. The average molecular weight is 390 g/mol. The second-order valence-electron chi connectivity index (χ2n) is 6.81. The van der Waals surface area contributed by atoms with Gasteiger partial charge in [0.05, 0.1) is 11.6 Å². The average Bonchev–Trinajstić information content (AvgIpc) is 2.89. The van der Waals surface area contributed by atoms with E-state index in [9.17, 15) is 13.2 Å². The first kappa shape index (κ1) is 18.5. The molecule has 142 valence electrons. The van der Waals surface area contributed by atoms with E-state index in [4.69, 9.17) is 0 Å². The van der Waals surface area contributed by atoms with Crippen molar-refractivity contribution in [3.8, 4) is 0 Å². The number of halogens is 3. The van der Waals surface area contributed by atoms with Gasteiger partial charge in [-0.1, -0.05) is 36.4 Å². The molecule has 2 aromatic carbocycles. The van der Waals surface area contributed by atoms with Crippen LogP contribution in [0.15, 0.2) is 54.6 Å². The molecule has 4 rings (SSSR count). The molecule has 2 heterocycles. The summed E-state index contributed by atoms with van der Waals surface area (Å²) in [4.78, 5) is 3.16. The normalized spacial score (nSPS) is 17.7. The molecule has 1 atom stereocenters. The molecule has 1 fully saturated rings. The zero-order chi connectivity index (χ0) is 18.9. The fourth-order valence-electron chi connectivity index (χ4n) is 3.79. The highest BCUT2D eigenvalue weighted by atomic mass is 32.1. The summed E-state index contributed by atoms with van der Waals surface area (Å²) < 4.78 is 42.4. The lowest BCUT2D eigenvalue weighted by molar-refractivity contribution is -0.138. The number of nitrogens with zero attached hydrogens (tertiary/aromatic N) is 1. The van der Waals surface area contributed by atoms with Crippen molar-refractivity contribution in [1.82, 2.24) is 10.2 Å². The van der Waals surface area contributed by atoms with Gasteiger partial charge in [0, 0.05) is 29.2 Å². The van der Waals surface area contributed by atoms with Gasteiger partial charge in [0.15, 0.2) is 0 Å². The van der Waals surface area contributed by atoms with E-state index in [1.807, 2.05) is 24.3 Å². The Kier molecular flexibility index (Phi) is 5.21. The van der Waals surface area contributed by atoms with Crippen LogP contribution in [0, 0.1) is 0 Å². The van der Waals surface area contributed by atoms with E-state index < -0.39 is 11.7 Å². The number of benzene rings is 2. The Morgan fingerprint density at radius 2 is 1.74 bits per heavy atom. The quantitative estimate of drug-likeness (QED) is 0.652. The maximum absolute atomic E-state index is 13.7. The van der Waals surface area contributed by atoms with Crippen LogP contribution in [0.4, 0.5) is 13.2 Å². The minimum Gasteiger partial charge on any atom is -0.315 e. The minimum atomic E-state index is -4.37. The summed E-state index contributed by atoms with van der Waals surface area (Å²) in [5.41, 5.74) is -0.192. The Morgan fingerprint density at radius 3 is 2.56 bits per heavy atom.